The van der Waals surface area contributed by atoms with Gasteiger partial charge in [0.15, 0.2) is 0 Å². The average molecular weight is 256 g/mol. The molecular formula is C16H17FN2. The van der Waals surface area contributed by atoms with Crippen LogP contribution in [0.1, 0.15) is 17.5 Å². The van der Waals surface area contributed by atoms with E-state index in [1.54, 1.807) is 0 Å². The minimum Gasteiger partial charge on any atom is -0.399 e. The number of hydrogen-bond donors (Lipinski definition) is 1. The number of aryl methyl sites for hydroxylation is 1. The molecule has 0 saturated heterocycles. The van der Waals surface area contributed by atoms with Gasteiger partial charge in [-0.15, -0.1) is 0 Å². The van der Waals surface area contributed by atoms with Crippen molar-refractivity contribution in [3.8, 4) is 0 Å². The van der Waals surface area contributed by atoms with Gasteiger partial charge in [-0.2, -0.15) is 0 Å². The Morgan fingerprint density at radius 3 is 2.68 bits per heavy atom. The van der Waals surface area contributed by atoms with E-state index in [1.807, 2.05) is 24.3 Å². The maximum Gasteiger partial charge on any atom is 0.123 e. The number of nitrogens with zero attached hydrogens (tertiary/aromatic N) is 1. The molecule has 0 amide bonds. The highest BCUT2D eigenvalue weighted by atomic mass is 19.1. The quantitative estimate of drug-likeness (QED) is 0.835. The van der Waals surface area contributed by atoms with Crippen LogP contribution in [0.4, 0.5) is 15.8 Å². The van der Waals surface area contributed by atoms with Gasteiger partial charge in [-0.1, -0.05) is 18.2 Å². The molecule has 2 nitrogen and oxygen atoms in total. The molecule has 3 rings (SSSR count). The fourth-order valence-electron chi connectivity index (χ4n) is 2.64. The van der Waals surface area contributed by atoms with Crippen LogP contribution in [0, 0.1) is 5.82 Å². The minimum atomic E-state index is -0.188. The fraction of sp³-hybridized carbons (Fsp3) is 0.250. The van der Waals surface area contributed by atoms with Crippen LogP contribution in [0.15, 0.2) is 42.5 Å². The lowest BCUT2D eigenvalue weighted by atomic mass is 10.0. The van der Waals surface area contributed by atoms with Gasteiger partial charge >= 0.3 is 0 Å². The summed E-state index contributed by atoms with van der Waals surface area (Å²) in [7, 11) is 0. The topological polar surface area (TPSA) is 29.3 Å². The van der Waals surface area contributed by atoms with E-state index >= 15 is 0 Å². The molecule has 0 radical (unpaired) electrons. The van der Waals surface area contributed by atoms with E-state index in [1.165, 1.54) is 23.4 Å². The van der Waals surface area contributed by atoms with E-state index in [4.69, 9.17) is 5.73 Å². The van der Waals surface area contributed by atoms with Crippen molar-refractivity contribution in [1.82, 2.24) is 0 Å². The Bertz CT molecular complexity index is 578. The highest BCUT2D eigenvalue weighted by Gasteiger charge is 2.17. The standard InChI is InChI=1S/C16H17FN2/c17-14-6-3-12(4-7-14)11-19-9-1-2-13-5-8-15(18)10-16(13)19/h3-8,10H,1-2,9,11,18H2. The third-order valence-corrected chi connectivity index (χ3v) is 3.61. The minimum absolute atomic E-state index is 0.188. The molecule has 2 aromatic rings. The van der Waals surface area contributed by atoms with Crippen molar-refractivity contribution in [2.45, 2.75) is 19.4 Å². The molecule has 0 aromatic heterocycles. The van der Waals surface area contributed by atoms with Gasteiger partial charge < -0.3 is 10.6 Å². The van der Waals surface area contributed by atoms with Gasteiger partial charge in [-0.3, -0.25) is 0 Å². The van der Waals surface area contributed by atoms with E-state index in [0.717, 1.165) is 37.2 Å². The lowest BCUT2D eigenvalue weighted by Gasteiger charge is -2.31. The first-order valence-electron chi connectivity index (χ1n) is 6.60. The molecular weight excluding hydrogens is 239 g/mol. The summed E-state index contributed by atoms with van der Waals surface area (Å²) in [5.41, 5.74) is 10.4. The van der Waals surface area contributed by atoms with Crippen LogP contribution in [-0.2, 0) is 13.0 Å². The van der Waals surface area contributed by atoms with E-state index in [2.05, 4.69) is 11.0 Å². The largest absolute Gasteiger partial charge is 0.399 e. The first-order chi connectivity index (χ1) is 9.22. The van der Waals surface area contributed by atoms with E-state index in [9.17, 15) is 4.39 Å². The molecule has 1 aliphatic heterocycles. The number of rotatable bonds is 2. The number of nitrogen functional groups attached to an aromatic ring is 1. The summed E-state index contributed by atoms with van der Waals surface area (Å²) in [6, 6.07) is 12.8. The normalized spacial score (nSPS) is 14.3. The summed E-state index contributed by atoms with van der Waals surface area (Å²) in [5, 5.41) is 0. The molecule has 3 heteroatoms. The van der Waals surface area contributed by atoms with Gasteiger partial charge in [-0.25, -0.2) is 4.39 Å². The van der Waals surface area contributed by atoms with Crippen LogP contribution in [0.5, 0.6) is 0 Å². The van der Waals surface area contributed by atoms with Crippen molar-refractivity contribution in [2.75, 3.05) is 17.2 Å². The van der Waals surface area contributed by atoms with Crippen molar-refractivity contribution in [3.05, 3.63) is 59.4 Å². The average Bonchev–Trinajstić information content (AvgIpc) is 2.42. The Morgan fingerprint density at radius 1 is 1.11 bits per heavy atom. The first-order valence-corrected chi connectivity index (χ1v) is 6.60. The van der Waals surface area contributed by atoms with Crippen LogP contribution < -0.4 is 10.6 Å². The molecule has 0 atom stereocenters. The Labute approximate surface area is 112 Å². The molecule has 1 aliphatic rings. The molecule has 1 heterocycles. The maximum atomic E-state index is 12.9. The van der Waals surface area contributed by atoms with E-state index in [0.29, 0.717) is 0 Å². The first kappa shape index (κ1) is 12.0. The maximum absolute atomic E-state index is 12.9. The number of anilines is 2. The second kappa shape index (κ2) is 4.92. The summed E-state index contributed by atoms with van der Waals surface area (Å²) in [6.07, 6.45) is 2.26. The molecule has 19 heavy (non-hydrogen) atoms. The molecule has 2 N–H and O–H groups in total. The molecule has 0 saturated carbocycles. The Kier molecular flexibility index (Phi) is 3.11. The number of hydrogen-bond acceptors (Lipinski definition) is 2. The number of fused-ring (bicyclic) bond motifs is 1. The highest BCUT2D eigenvalue weighted by molar-refractivity contribution is 5.62. The van der Waals surface area contributed by atoms with Gasteiger partial charge in [0.25, 0.3) is 0 Å². The number of nitrogens with two attached hydrogens (primary N) is 1. The van der Waals surface area contributed by atoms with Crippen LogP contribution in [0.2, 0.25) is 0 Å². The monoisotopic (exact) mass is 256 g/mol. The zero-order valence-electron chi connectivity index (χ0n) is 10.8. The summed E-state index contributed by atoms with van der Waals surface area (Å²) >= 11 is 0. The molecule has 0 spiro atoms. The smallest absolute Gasteiger partial charge is 0.123 e. The SMILES string of the molecule is Nc1ccc2c(c1)N(Cc1ccc(F)cc1)CCC2. The van der Waals surface area contributed by atoms with Crippen molar-refractivity contribution >= 4 is 11.4 Å². The van der Waals surface area contributed by atoms with Crippen molar-refractivity contribution in [2.24, 2.45) is 0 Å². The molecule has 2 aromatic carbocycles. The zero-order valence-corrected chi connectivity index (χ0v) is 10.8. The lowest BCUT2D eigenvalue weighted by molar-refractivity contribution is 0.626. The van der Waals surface area contributed by atoms with Gasteiger partial charge in [0, 0.05) is 24.5 Å². The molecule has 0 aliphatic carbocycles. The van der Waals surface area contributed by atoms with Crippen LogP contribution in [0.3, 0.4) is 0 Å². The van der Waals surface area contributed by atoms with Crippen molar-refractivity contribution in [1.29, 1.82) is 0 Å². The third kappa shape index (κ3) is 2.55. The highest BCUT2D eigenvalue weighted by Crippen LogP contribution is 2.30. The Balaban J connectivity index is 1.87. The van der Waals surface area contributed by atoms with E-state index < -0.39 is 0 Å². The van der Waals surface area contributed by atoms with Crippen LogP contribution >= 0.6 is 0 Å². The number of benzene rings is 2. The van der Waals surface area contributed by atoms with Gasteiger partial charge in [0.05, 0.1) is 0 Å². The predicted molar refractivity (Wildman–Crippen MR) is 76.6 cm³/mol. The fourth-order valence-corrected chi connectivity index (χ4v) is 2.64. The summed E-state index contributed by atoms with van der Waals surface area (Å²) in [5.74, 6) is -0.188. The van der Waals surface area contributed by atoms with Crippen LogP contribution in [-0.4, -0.2) is 6.54 Å². The van der Waals surface area contributed by atoms with Crippen molar-refractivity contribution < 1.29 is 4.39 Å². The van der Waals surface area contributed by atoms with Gasteiger partial charge in [-0.05, 0) is 48.2 Å². The van der Waals surface area contributed by atoms with Crippen LogP contribution in [0.25, 0.3) is 0 Å². The molecule has 98 valence electrons. The second-order valence-corrected chi connectivity index (χ2v) is 5.04. The lowest BCUT2D eigenvalue weighted by Crippen LogP contribution is -2.28. The van der Waals surface area contributed by atoms with Gasteiger partial charge in [0.1, 0.15) is 5.82 Å². The molecule has 0 fully saturated rings. The summed E-state index contributed by atoms with van der Waals surface area (Å²) in [6.45, 7) is 1.82. The van der Waals surface area contributed by atoms with Crippen molar-refractivity contribution in [3.63, 3.8) is 0 Å². The number of halogens is 1. The predicted octanol–water partition coefficient (Wildman–Crippen LogP) is 3.36. The zero-order chi connectivity index (χ0) is 13.2. The second-order valence-electron chi connectivity index (χ2n) is 5.04. The Hall–Kier alpha value is -2.03. The molecule has 0 unspecified atom stereocenters. The Morgan fingerprint density at radius 2 is 1.89 bits per heavy atom. The molecule has 0 bridgehead atoms. The summed E-state index contributed by atoms with van der Waals surface area (Å²) < 4.78 is 12.9. The van der Waals surface area contributed by atoms with E-state index in [-0.39, 0.29) is 5.82 Å². The summed E-state index contributed by atoms with van der Waals surface area (Å²) in [4.78, 5) is 2.32. The third-order valence-electron chi connectivity index (χ3n) is 3.61. The van der Waals surface area contributed by atoms with Gasteiger partial charge in [0.2, 0.25) is 0 Å².